The lowest BCUT2D eigenvalue weighted by molar-refractivity contribution is -0.149. The highest BCUT2D eigenvalue weighted by Gasteiger charge is 2.46. The molecule has 1 aliphatic rings. The molecule has 1 aliphatic carbocycles. The molecule has 1 N–H and O–H groups in total. The van der Waals surface area contributed by atoms with Crippen molar-refractivity contribution in [3.8, 4) is 0 Å². The first-order valence-corrected chi connectivity index (χ1v) is 5.42. The van der Waals surface area contributed by atoms with E-state index in [-0.39, 0.29) is 5.41 Å². The molecule has 0 aromatic carbocycles. The van der Waals surface area contributed by atoms with Crippen LogP contribution in [0.4, 0.5) is 0 Å². The van der Waals surface area contributed by atoms with Crippen LogP contribution >= 0.6 is 0 Å². The van der Waals surface area contributed by atoms with Gasteiger partial charge in [0.1, 0.15) is 0 Å². The minimum absolute atomic E-state index is 0.0809. The fourth-order valence-electron chi connectivity index (χ4n) is 2.00. The molecule has 1 saturated carbocycles. The van der Waals surface area contributed by atoms with E-state index in [0.29, 0.717) is 11.8 Å². The summed E-state index contributed by atoms with van der Waals surface area (Å²) in [5, 5.41) is 3.06. The van der Waals surface area contributed by atoms with E-state index in [4.69, 9.17) is 0 Å². The maximum absolute atomic E-state index is 12.1. The van der Waals surface area contributed by atoms with Crippen LogP contribution in [0.2, 0.25) is 0 Å². The monoisotopic (exact) mass is 198 g/mol. The number of nitrogens with zero attached hydrogens (tertiary/aromatic N) is 1. The number of carbonyl (C=O) groups excluding carboxylic acids is 1. The highest BCUT2D eigenvalue weighted by Crippen LogP contribution is 2.47. The van der Waals surface area contributed by atoms with Crippen LogP contribution in [0.3, 0.4) is 0 Å². The summed E-state index contributed by atoms with van der Waals surface area (Å²) in [6, 6.07) is 0. The van der Waals surface area contributed by atoms with Gasteiger partial charge in [-0.2, -0.15) is 0 Å². The molecule has 0 heterocycles. The van der Waals surface area contributed by atoms with Gasteiger partial charge in [-0.1, -0.05) is 13.8 Å². The smallest absolute Gasteiger partial charge is 0.228 e. The van der Waals surface area contributed by atoms with Gasteiger partial charge in [0, 0.05) is 25.6 Å². The first kappa shape index (κ1) is 11.5. The zero-order valence-electron chi connectivity index (χ0n) is 9.76. The summed E-state index contributed by atoms with van der Waals surface area (Å²) in [6.45, 7) is 5.94. The molecular formula is C11H22N2O. The van der Waals surface area contributed by atoms with Gasteiger partial charge >= 0.3 is 0 Å². The first-order chi connectivity index (χ1) is 6.52. The molecule has 0 bridgehead atoms. The quantitative estimate of drug-likeness (QED) is 0.733. The lowest BCUT2D eigenvalue weighted by atomic mass is 9.61. The van der Waals surface area contributed by atoms with Crippen molar-refractivity contribution in [2.24, 2.45) is 11.3 Å². The van der Waals surface area contributed by atoms with Gasteiger partial charge in [-0.3, -0.25) is 4.79 Å². The maximum atomic E-state index is 12.1. The molecule has 3 nitrogen and oxygen atoms in total. The normalized spacial score (nSPS) is 31.0. The zero-order chi connectivity index (χ0) is 10.8. The van der Waals surface area contributed by atoms with Crippen molar-refractivity contribution in [1.82, 2.24) is 10.2 Å². The maximum Gasteiger partial charge on any atom is 0.228 e. The van der Waals surface area contributed by atoms with Gasteiger partial charge < -0.3 is 10.2 Å². The van der Waals surface area contributed by atoms with Crippen molar-refractivity contribution in [3.63, 3.8) is 0 Å². The number of hydrogen-bond donors (Lipinski definition) is 1. The second kappa shape index (κ2) is 4.30. The minimum atomic E-state index is -0.0809. The molecule has 0 radical (unpaired) electrons. The van der Waals surface area contributed by atoms with Crippen LogP contribution < -0.4 is 5.32 Å². The van der Waals surface area contributed by atoms with Crippen LogP contribution in [0.5, 0.6) is 0 Å². The molecule has 2 unspecified atom stereocenters. The predicted molar refractivity (Wildman–Crippen MR) is 58.1 cm³/mol. The van der Waals surface area contributed by atoms with Crippen molar-refractivity contribution in [3.05, 3.63) is 0 Å². The molecule has 0 spiro atoms. The molecule has 3 heteroatoms. The summed E-state index contributed by atoms with van der Waals surface area (Å²) < 4.78 is 0. The van der Waals surface area contributed by atoms with Gasteiger partial charge in [-0.15, -0.1) is 0 Å². The van der Waals surface area contributed by atoms with Gasteiger partial charge in [0.15, 0.2) is 0 Å². The third kappa shape index (κ3) is 1.92. The van der Waals surface area contributed by atoms with Gasteiger partial charge in [-0.25, -0.2) is 0 Å². The van der Waals surface area contributed by atoms with E-state index >= 15 is 0 Å². The largest absolute Gasteiger partial charge is 0.344 e. The summed E-state index contributed by atoms with van der Waals surface area (Å²) in [7, 11) is 3.81. The summed E-state index contributed by atoms with van der Waals surface area (Å²) in [5.41, 5.74) is -0.0809. The Hall–Kier alpha value is -0.570. The third-order valence-electron chi connectivity index (χ3n) is 3.72. The number of carbonyl (C=O) groups is 1. The molecule has 1 rings (SSSR count). The van der Waals surface area contributed by atoms with Crippen LogP contribution in [-0.2, 0) is 4.79 Å². The average molecular weight is 198 g/mol. The van der Waals surface area contributed by atoms with Gasteiger partial charge in [0.25, 0.3) is 0 Å². The standard InChI is InChI=1S/C11H22N2O/c1-9-5-6-11(9,2)10(14)13(4)8-7-12-3/h9,12H,5-8H2,1-4H3. The summed E-state index contributed by atoms with van der Waals surface area (Å²) in [6.07, 6.45) is 2.25. The van der Waals surface area contributed by atoms with Crippen molar-refractivity contribution in [1.29, 1.82) is 0 Å². The van der Waals surface area contributed by atoms with Crippen molar-refractivity contribution in [2.75, 3.05) is 27.2 Å². The van der Waals surface area contributed by atoms with Crippen molar-refractivity contribution < 1.29 is 4.79 Å². The third-order valence-corrected chi connectivity index (χ3v) is 3.72. The van der Waals surface area contributed by atoms with E-state index in [2.05, 4.69) is 19.2 Å². The molecule has 0 aromatic heterocycles. The highest BCUT2D eigenvalue weighted by atomic mass is 16.2. The minimum Gasteiger partial charge on any atom is -0.344 e. The Balaban J connectivity index is 2.47. The summed E-state index contributed by atoms with van der Waals surface area (Å²) in [5.74, 6) is 0.860. The number of amides is 1. The molecule has 82 valence electrons. The van der Waals surface area contributed by atoms with Crippen molar-refractivity contribution in [2.45, 2.75) is 26.7 Å². The average Bonchev–Trinajstić information content (AvgIpc) is 2.21. The molecule has 1 amide bonds. The van der Waals surface area contributed by atoms with Gasteiger partial charge in [0.05, 0.1) is 0 Å². The van der Waals surface area contributed by atoms with E-state index in [1.165, 1.54) is 6.42 Å². The summed E-state index contributed by atoms with van der Waals surface area (Å²) >= 11 is 0. The fraction of sp³-hybridized carbons (Fsp3) is 0.909. The number of likely N-dealkylation sites (N-methyl/N-ethyl adjacent to an activating group) is 2. The van der Waals surface area contributed by atoms with E-state index < -0.39 is 0 Å². The second-order valence-electron chi connectivity index (χ2n) is 4.69. The Bertz CT molecular complexity index is 217. The fourth-order valence-corrected chi connectivity index (χ4v) is 2.00. The van der Waals surface area contributed by atoms with E-state index in [1.54, 1.807) is 0 Å². The molecule has 14 heavy (non-hydrogen) atoms. The van der Waals surface area contributed by atoms with E-state index in [0.717, 1.165) is 19.5 Å². The van der Waals surface area contributed by atoms with E-state index in [9.17, 15) is 4.79 Å². The van der Waals surface area contributed by atoms with Crippen LogP contribution in [0.15, 0.2) is 0 Å². The zero-order valence-corrected chi connectivity index (χ0v) is 9.76. The van der Waals surface area contributed by atoms with Crippen LogP contribution in [0.1, 0.15) is 26.7 Å². The lowest BCUT2D eigenvalue weighted by Gasteiger charge is -2.45. The Labute approximate surface area is 86.9 Å². The number of hydrogen-bond acceptors (Lipinski definition) is 2. The molecule has 0 saturated heterocycles. The number of rotatable bonds is 4. The van der Waals surface area contributed by atoms with Crippen LogP contribution in [0.25, 0.3) is 0 Å². The van der Waals surface area contributed by atoms with Crippen molar-refractivity contribution >= 4 is 5.91 Å². The van der Waals surface area contributed by atoms with Gasteiger partial charge in [0.2, 0.25) is 5.91 Å². The van der Waals surface area contributed by atoms with Crippen LogP contribution in [-0.4, -0.2) is 38.0 Å². The highest BCUT2D eigenvalue weighted by molar-refractivity contribution is 5.83. The Morgan fingerprint density at radius 2 is 2.29 bits per heavy atom. The lowest BCUT2D eigenvalue weighted by Crippen LogP contribution is -2.50. The van der Waals surface area contributed by atoms with Gasteiger partial charge in [-0.05, 0) is 25.8 Å². The first-order valence-electron chi connectivity index (χ1n) is 5.42. The number of nitrogens with one attached hydrogen (secondary N) is 1. The Morgan fingerprint density at radius 1 is 1.64 bits per heavy atom. The molecule has 0 aromatic rings. The second-order valence-corrected chi connectivity index (χ2v) is 4.69. The molecule has 1 fully saturated rings. The molecular weight excluding hydrogens is 176 g/mol. The van der Waals surface area contributed by atoms with Crippen LogP contribution in [0, 0.1) is 11.3 Å². The summed E-state index contributed by atoms with van der Waals surface area (Å²) in [4.78, 5) is 13.9. The Morgan fingerprint density at radius 3 is 2.64 bits per heavy atom. The topological polar surface area (TPSA) is 32.3 Å². The van der Waals surface area contributed by atoms with E-state index in [1.807, 2.05) is 19.0 Å². The Kier molecular flexibility index (Phi) is 3.53. The molecule has 2 atom stereocenters. The molecule has 0 aliphatic heterocycles. The SMILES string of the molecule is CNCCN(C)C(=O)C1(C)CCC1C. The predicted octanol–water partition coefficient (Wildman–Crippen LogP) is 1.10.